The van der Waals surface area contributed by atoms with Crippen molar-refractivity contribution in [1.82, 2.24) is 0 Å². The molecule has 0 radical (unpaired) electrons. The highest BCUT2D eigenvalue weighted by molar-refractivity contribution is 5.69. The minimum atomic E-state index is -0.748. The average molecular weight is 357 g/mol. The van der Waals surface area contributed by atoms with Crippen molar-refractivity contribution in [2.75, 3.05) is 0 Å². The van der Waals surface area contributed by atoms with Crippen molar-refractivity contribution in [1.29, 1.82) is 0 Å². The van der Waals surface area contributed by atoms with Crippen LogP contribution in [0.1, 0.15) is 70.8 Å². The zero-order valence-electron chi connectivity index (χ0n) is 16.1. The number of rotatable bonds is 14. The van der Waals surface area contributed by atoms with Gasteiger partial charge in [0.05, 0.1) is 0 Å². The lowest BCUT2D eigenvalue weighted by Gasteiger charge is -2.07. The Bertz CT molecular complexity index is 561. The van der Waals surface area contributed by atoms with Crippen molar-refractivity contribution in [3.63, 3.8) is 0 Å². The second-order valence-corrected chi connectivity index (χ2v) is 6.46. The number of unbranched alkanes of at least 4 members (excludes halogenated alkanes) is 4. The molecule has 0 saturated heterocycles. The first kappa shape index (κ1) is 21.9. The molecule has 26 heavy (non-hydrogen) atoms. The quantitative estimate of drug-likeness (QED) is 0.260. The second-order valence-electron chi connectivity index (χ2n) is 6.46. The Balaban J connectivity index is 2.07. The molecule has 1 N–H and O–H groups in total. The molecule has 0 bridgehead atoms. The lowest BCUT2D eigenvalue weighted by atomic mass is 10.1. The number of carboxylic acid groups (broad SMARTS) is 1. The van der Waals surface area contributed by atoms with E-state index in [4.69, 9.17) is 0 Å². The molecule has 0 aliphatic heterocycles. The first-order valence-corrected chi connectivity index (χ1v) is 9.89. The normalized spacial score (nSPS) is 13.1. The van der Waals surface area contributed by atoms with Gasteiger partial charge in [0, 0.05) is 18.6 Å². The third-order valence-corrected chi connectivity index (χ3v) is 4.26. The largest absolute Gasteiger partial charge is 0.476 e. The van der Waals surface area contributed by atoms with Gasteiger partial charge in [0.15, 0.2) is 12.4 Å². The fraction of sp³-hybridized carbons (Fsp3) is 0.478. The first-order chi connectivity index (χ1) is 12.8. The molecule has 1 unspecified atom stereocenters. The van der Waals surface area contributed by atoms with Crippen LogP contribution in [0.5, 0.6) is 0 Å². The summed E-state index contributed by atoms with van der Waals surface area (Å²) < 4.78 is 1.79. The topological polar surface area (TPSA) is 41.2 Å². The fourth-order valence-corrected chi connectivity index (χ4v) is 2.80. The van der Waals surface area contributed by atoms with Crippen LogP contribution in [0, 0.1) is 0 Å². The van der Waals surface area contributed by atoms with Gasteiger partial charge in [0.2, 0.25) is 0 Å². The SMILES string of the molecule is CC/C=C\C/C=C\C/C=C\CCCCCCC(C(=O)O)[n+]1ccccc1. The number of carboxylic acids is 1. The molecule has 0 aliphatic carbocycles. The van der Waals surface area contributed by atoms with E-state index in [0.29, 0.717) is 6.42 Å². The number of hydrogen-bond acceptors (Lipinski definition) is 1. The highest BCUT2D eigenvalue weighted by Gasteiger charge is 2.25. The zero-order valence-corrected chi connectivity index (χ0v) is 16.1. The summed E-state index contributed by atoms with van der Waals surface area (Å²) in [7, 11) is 0. The minimum Gasteiger partial charge on any atom is -0.476 e. The van der Waals surface area contributed by atoms with Gasteiger partial charge in [-0.1, -0.05) is 62.3 Å². The van der Waals surface area contributed by atoms with E-state index in [-0.39, 0.29) is 0 Å². The Morgan fingerprint density at radius 3 is 2.15 bits per heavy atom. The Kier molecular flexibility index (Phi) is 12.7. The summed E-state index contributed by atoms with van der Waals surface area (Å²) in [4.78, 5) is 11.4. The van der Waals surface area contributed by atoms with E-state index in [2.05, 4.69) is 43.4 Å². The van der Waals surface area contributed by atoms with Gasteiger partial charge in [-0.15, -0.1) is 0 Å². The highest BCUT2D eigenvalue weighted by Crippen LogP contribution is 2.12. The Hall–Kier alpha value is -2.16. The predicted octanol–water partition coefficient (Wildman–Crippen LogP) is 5.80. The van der Waals surface area contributed by atoms with E-state index in [9.17, 15) is 9.90 Å². The summed E-state index contributed by atoms with van der Waals surface area (Å²) in [5, 5.41) is 9.39. The minimum absolute atomic E-state index is 0.449. The van der Waals surface area contributed by atoms with Gasteiger partial charge in [-0.05, 0) is 38.5 Å². The molecule has 0 amide bonds. The summed E-state index contributed by atoms with van der Waals surface area (Å²) in [6.07, 6.45) is 26.3. The van der Waals surface area contributed by atoms with Crippen molar-refractivity contribution in [3.8, 4) is 0 Å². The van der Waals surface area contributed by atoms with Crippen LogP contribution in [0.4, 0.5) is 0 Å². The van der Waals surface area contributed by atoms with Gasteiger partial charge < -0.3 is 5.11 Å². The molecule has 1 rings (SSSR count). The lowest BCUT2D eigenvalue weighted by Crippen LogP contribution is -2.43. The number of pyridine rings is 1. The molecule has 0 aromatic carbocycles. The number of allylic oxidation sites excluding steroid dienone is 6. The van der Waals surface area contributed by atoms with E-state index in [1.165, 1.54) is 6.42 Å². The molecule has 1 aromatic heterocycles. The van der Waals surface area contributed by atoms with Crippen molar-refractivity contribution in [2.45, 2.75) is 70.8 Å². The lowest BCUT2D eigenvalue weighted by molar-refractivity contribution is -0.711. The number of hydrogen-bond donors (Lipinski definition) is 1. The standard InChI is InChI=1S/C23H33NO2/c1-2-3-4-5-6-7-8-9-10-11-12-13-14-16-19-22(23(25)26)24-20-17-15-18-21-24/h3-4,6-7,9-10,15,17-18,20-22H,2,5,8,11-14,16,19H2,1H3/p+1/b4-3-,7-6-,10-9-. The predicted molar refractivity (Wildman–Crippen MR) is 108 cm³/mol. The molecule has 0 saturated carbocycles. The van der Waals surface area contributed by atoms with Crippen LogP contribution in [0.2, 0.25) is 0 Å². The maximum Gasteiger partial charge on any atom is 0.373 e. The van der Waals surface area contributed by atoms with Gasteiger partial charge in [-0.2, -0.15) is 4.57 Å². The maximum absolute atomic E-state index is 11.4. The van der Waals surface area contributed by atoms with Crippen molar-refractivity contribution in [3.05, 3.63) is 67.0 Å². The molecule has 0 spiro atoms. The molecule has 3 heteroatoms. The Morgan fingerprint density at radius 1 is 0.885 bits per heavy atom. The van der Waals surface area contributed by atoms with Crippen LogP contribution < -0.4 is 4.57 Å². The Morgan fingerprint density at radius 2 is 1.50 bits per heavy atom. The second kappa shape index (κ2) is 15.1. The number of aromatic nitrogens is 1. The van der Waals surface area contributed by atoms with E-state index in [1.807, 2.05) is 30.6 Å². The molecule has 1 aromatic rings. The van der Waals surface area contributed by atoms with Gasteiger partial charge >= 0.3 is 5.97 Å². The summed E-state index contributed by atoms with van der Waals surface area (Å²) in [5.74, 6) is -0.748. The molecule has 3 nitrogen and oxygen atoms in total. The molecule has 0 fully saturated rings. The monoisotopic (exact) mass is 356 g/mol. The van der Waals surface area contributed by atoms with Gasteiger partial charge in [0.1, 0.15) is 0 Å². The van der Waals surface area contributed by atoms with E-state index >= 15 is 0 Å². The van der Waals surface area contributed by atoms with Crippen LogP contribution in [0.15, 0.2) is 67.0 Å². The summed E-state index contributed by atoms with van der Waals surface area (Å²) >= 11 is 0. The highest BCUT2D eigenvalue weighted by atomic mass is 16.4. The van der Waals surface area contributed by atoms with Gasteiger partial charge in [0.25, 0.3) is 6.04 Å². The summed E-state index contributed by atoms with van der Waals surface area (Å²) in [5.41, 5.74) is 0. The molecule has 1 heterocycles. The zero-order chi connectivity index (χ0) is 18.9. The molecular weight excluding hydrogens is 322 g/mol. The van der Waals surface area contributed by atoms with Crippen LogP contribution in [-0.2, 0) is 4.79 Å². The van der Waals surface area contributed by atoms with Gasteiger partial charge in [-0.3, -0.25) is 0 Å². The fourth-order valence-electron chi connectivity index (χ4n) is 2.80. The number of nitrogens with zero attached hydrogens (tertiary/aromatic N) is 1. The third kappa shape index (κ3) is 10.7. The van der Waals surface area contributed by atoms with Gasteiger partial charge in [-0.25, -0.2) is 4.79 Å². The van der Waals surface area contributed by atoms with E-state index < -0.39 is 12.0 Å². The molecule has 1 atom stereocenters. The van der Waals surface area contributed by atoms with Crippen LogP contribution >= 0.6 is 0 Å². The van der Waals surface area contributed by atoms with E-state index in [0.717, 1.165) is 44.9 Å². The molecular formula is C23H34NO2+. The van der Waals surface area contributed by atoms with Crippen molar-refractivity contribution in [2.24, 2.45) is 0 Å². The average Bonchev–Trinajstić information content (AvgIpc) is 2.65. The number of carbonyl (C=O) groups is 1. The smallest absolute Gasteiger partial charge is 0.373 e. The van der Waals surface area contributed by atoms with Crippen LogP contribution in [-0.4, -0.2) is 11.1 Å². The Labute approximate surface area is 158 Å². The number of aliphatic carboxylic acids is 1. The van der Waals surface area contributed by atoms with Crippen molar-refractivity contribution < 1.29 is 14.5 Å². The first-order valence-electron chi connectivity index (χ1n) is 9.89. The third-order valence-electron chi connectivity index (χ3n) is 4.26. The van der Waals surface area contributed by atoms with E-state index in [1.54, 1.807) is 4.57 Å². The molecule has 142 valence electrons. The molecule has 0 aliphatic rings. The summed E-state index contributed by atoms with van der Waals surface area (Å²) in [6.45, 7) is 2.15. The summed E-state index contributed by atoms with van der Waals surface area (Å²) in [6, 6.07) is 5.20. The van der Waals surface area contributed by atoms with Crippen LogP contribution in [0.25, 0.3) is 0 Å². The van der Waals surface area contributed by atoms with Crippen LogP contribution in [0.3, 0.4) is 0 Å². The van der Waals surface area contributed by atoms with Crippen molar-refractivity contribution >= 4 is 5.97 Å². The maximum atomic E-state index is 11.4.